The average molecular weight is 227 g/mol. The van der Waals surface area contributed by atoms with Crippen molar-refractivity contribution in [3.63, 3.8) is 0 Å². The van der Waals surface area contributed by atoms with E-state index in [0.29, 0.717) is 13.0 Å². The molecule has 5 heteroatoms. The summed E-state index contributed by atoms with van der Waals surface area (Å²) >= 11 is 0. The zero-order valence-electron chi connectivity index (χ0n) is 9.87. The van der Waals surface area contributed by atoms with Crippen LogP contribution in [0.15, 0.2) is 0 Å². The van der Waals surface area contributed by atoms with Crippen LogP contribution in [0, 0.1) is 0 Å². The monoisotopic (exact) mass is 227 g/mol. The summed E-state index contributed by atoms with van der Waals surface area (Å²) in [5, 5.41) is 2.68. The van der Waals surface area contributed by atoms with E-state index in [4.69, 9.17) is 5.73 Å². The highest BCUT2D eigenvalue weighted by Gasteiger charge is 2.20. The van der Waals surface area contributed by atoms with Gasteiger partial charge in [-0.25, -0.2) is 0 Å². The van der Waals surface area contributed by atoms with E-state index in [1.165, 1.54) is 0 Å². The Labute approximate surface area is 96.4 Å². The van der Waals surface area contributed by atoms with Gasteiger partial charge in [0.25, 0.3) is 0 Å². The second-order valence-corrected chi connectivity index (χ2v) is 4.17. The second kappa shape index (κ2) is 6.48. The molecule has 1 fully saturated rings. The molecule has 16 heavy (non-hydrogen) atoms. The predicted octanol–water partition coefficient (Wildman–Crippen LogP) is -0.148. The molecule has 1 aliphatic rings. The second-order valence-electron chi connectivity index (χ2n) is 4.17. The minimum absolute atomic E-state index is 0.0513. The van der Waals surface area contributed by atoms with Crippen molar-refractivity contribution in [1.29, 1.82) is 0 Å². The number of nitrogens with one attached hydrogen (secondary N) is 1. The largest absolute Gasteiger partial charge is 0.356 e. The lowest BCUT2D eigenvalue weighted by atomic mass is 10.1. The maximum atomic E-state index is 11.7. The summed E-state index contributed by atoms with van der Waals surface area (Å²) in [7, 11) is 0. The molecule has 92 valence electrons. The van der Waals surface area contributed by atoms with Gasteiger partial charge in [0.15, 0.2) is 0 Å². The number of hydrogen-bond acceptors (Lipinski definition) is 3. The summed E-state index contributed by atoms with van der Waals surface area (Å²) in [6, 6.07) is 0.229. The third-order valence-electron chi connectivity index (χ3n) is 2.83. The van der Waals surface area contributed by atoms with Gasteiger partial charge in [-0.15, -0.1) is 0 Å². The van der Waals surface area contributed by atoms with E-state index in [1.54, 1.807) is 0 Å². The molecule has 5 nitrogen and oxygen atoms in total. The van der Waals surface area contributed by atoms with Crippen LogP contribution in [0.5, 0.6) is 0 Å². The number of rotatable bonds is 4. The molecule has 0 aromatic rings. The van der Waals surface area contributed by atoms with Gasteiger partial charge in [0, 0.05) is 38.5 Å². The van der Waals surface area contributed by atoms with Gasteiger partial charge in [-0.3, -0.25) is 9.59 Å². The zero-order chi connectivity index (χ0) is 12.0. The van der Waals surface area contributed by atoms with Gasteiger partial charge >= 0.3 is 0 Å². The van der Waals surface area contributed by atoms with Crippen molar-refractivity contribution >= 4 is 11.8 Å². The van der Waals surface area contributed by atoms with Crippen molar-refractivity contribution in [2.45, 2.75) is 38.6 Å². The van der Waals surface area contributed by atoms with Gasteiger partial charge in [0.05, 0.1) is 0 Å². The molecule has 0 aromatic carbocycles. The molecule has 0 bridgehead atoms. The molecule has 1 saturated heterocycles. The third-order valence-corrected chi connectivity index (χ3v) is 2.83. The average Bonchev–Trinajstić information content (AvgIpc) is 2.27. The molecule has 0 aliphatic carbocycles. The lowest BCUT2D eigenvalue weighted by molar-refractivity contribution is -0.134. The van der Waals surface area contributed by atoms with E-state index in [2.05, 4.69) is 5.32 Å². The maximum Gasteiger partial charge on any atom is 0.223 e. The number of piperidine rings is 1. The van der Waals surface area contributed by atoms with E-state index < -0.39 is 0 Å². The smallest absolute Gasteiger partial charge is 0.223 e. The molecule has 3 N–H and O–H groups in total. The van der Waals surface area contributed by atoms with Crippen molar-refractivity contribution in [2.75, 3.05) is 19.6 Å². The number of nitrogens with zero attached hydrogens (tertiary/aromatic N) is 1. The highest BCUT2D eigenvalue weighted by Crippen LogP contribution is 2.10. The Morgan fingerprint density at radius 3 is 2.50 bits per heavy atom. The topological polar surface area (TPSA) is 75.4 Å². The van der Waals surface area contributed by atoms with Crippen LogP contribution in [0.2, 0.25) is 0 Å². The number of carbonyl (C=O) groups excluding carboxylic acids is 2. The molecular weight excluding hydrogens is 206 g/mol. The van der Waals surface area contributed by atoms with E-state index in [1.807, 2.05) is 11.8 Å². The van der Waals surface area contributed by atoms with E-state index in [9.17, 15) is 9.59 Å². The number of likely N-dealkylation sites (tertiary alicyclic amines) is 1. The quantitative estimate of drug-likeness (QED) is 0.701. The fourth-order valence-corrected chi connectivity index (χ4v) is 1.81. The maximum absolute atomic E-state index is 11.7. The highest BCUT2D eigenvalue weighted by atomic mass is 16.2. The third kappa shape index (κ3) is 4.18. The highest BCUT2D eigenvalue weighted by molar-refractivity contribution is 5.83. The molecular formula is C11H21N3O2. The Bertz CT molecular complexity index is 248. The van der Waals surface area contributed by atoms with Crippen LogP contribution >= 0.6 is 0 Å². The molecule has 0 aromatic heterocycles. The molecule has 2 amide bonds. The Kier molecular flexibility index (Phi) is 5.25. The van der Waals surface area contributed by atoms with Crippen molar-refractivity contribution in [3.8, 4) is 0 Å². The first-order valence-corrected chi connectivity index (χ1v) is 5.93. The van der Waals surface area contributed by atoms with Crippen molar-refractivity contribution in [1.82, 2.24) is 10.2 Å². The van der Waals surface area contributed by atoms with Crippen LogP contribution in [0.25, 0.3) is 0 Å². The SMILES string of the molecule is CCNC(=O)CCC(=O)N1CCC(N)CC1. The molecule has 0 spiro atoms. The van der Waals surface area contributed by atoms with Crippen molar-refractivity contribution < 1.29 is 9.59 Å². The molecule has 0 saturated carbocycles. The van der Waals surface area contributed by atoms with E-state index in [0.717, 1.165) is 25.9 Å². The first kappa shape index (κ1) is 13.0. The summed E-state index contributed by atoms with van der Waals surface area (Å²) in [6.45, 7) is 3.95. The summed E-state index contributed by atoms with van der Waals surface area (Å²) in [4.78, 5) is 24.7. The Hall–Kier alpha value is -1.10. The first-order valence-electron chi connectivity index (χ1n) is 5.93. The standard InChI is InChI=1S/C11H21N3O2/c1-2-13-10(15)3-4-11(16)14-7-5-9(12)6-8-14/h9H,2-8,12H2,1H3,(H,13,15). The van der Waals surface area contributed by atoms with Crippen LogP contribution in [-0.2, 0) is 9.59 Å². The minimum atomic E-state index is -0.0513. The summed E-state index contributed by atoms with van der Waals surface area (Å²) < 4.78 is 0. The van der Waals surface area contributed by atoms with Crippen molar-refractivity contribution in [2.24, 2.45) is 5.73 Å². The van der Waals surface area contributed by atoms with Gasteiger partial charge in [0.1, 0.15) is 0 Å². The van der Waals surface area contributed by atoms with Gasteiger partial charge in [-0.2, -0.15) is 0 Å². The molecule has 0 atom stereocenters. The predicted molar refractivity (Wildman–Crippen MR) is 61.7 cm³/mol. The van der Waals surface area contributed by atoms with Crippen molar-refractivity contribution in [3.05, 3.63) is 0 Å². The number of nitrogens with two attached hydrogens (primary N) is 1. The Morgan fingerprint density at radius 2 is 1.94 bits per heavy atom. The lowest BCUT2D eigenvalue weighted by Gasteiger charge is -2.30. The fourth-order valence-electron chi connectivity index (χ4n) is 1.81. The van der Waals surface area contributed by atoms with Gasteiger partial charge in [-0.05, 0) is 19.8 Å². The summed E-state index contributed by atoms with van der Waals surface area (Å²) in [5.74, 6) is 0.0164. The van der Waals surface area contributed by atoms with Crippen LogP contribution < -0.4 is 11.1 Å². The molecule has 1 heterocycles. The molecule has 1 aliphatic heterocycles. The number of hydrogen-bond donors (Lipinski definition) is 2. The first-order chi connectivity index (χ1) is 7.63. The molecule has 0 unspecified atom stereocenters. The summed E-state index contributed by atoms with van der Waals surface area (Å²) in [6.07, 6.45) is 2.33. The summed E-state index contributed by atoms with van der Waals surface area (Å²) in [5.41, 5.74) is 5.76. The Morgan fingerprint density at radius 1 is 1.31 bits per heavy atom. The van der Waals surface area contributed by atoms with E-state index >= 15 is 0 Å². The zero-order valence-corrected chi connectivity index (χ0v) is 9.87. The van der Waals surface area contributed by atoms with Gasteiger partial charge in [-0.1, -0.05) is 0 Å². The number of carbonyl (C=O) groups is 2. The van der Waals surface area contributed by atoms with Crippen LogP contribution in [-0.4, -0.2) is 42.4 Å². The van der Waals surface area contributed by atoms with Crippen LogP contribution in [0.4, 0.5) is 0 Å². The lowest BCUT2D eigenvalue weighted by Crippen LogP contribution is -2.43. The van der Waals surface area contributed by atoms with E-state index in [-0.39, 0.29) is 24.3 Å². The number of amides is 2. The Balaban J connectivity index is 2.22. The minimum Gasteiger partial charge on any atom is -0.356 e. The molecule has 1 rings (SSSR count). The van der Waals surface area contributed by atoms with Crippen LogP contribution in [0.3, 0.4) is 0 Å². The normalized spacial score (nSPS) is 17.2. The van der Waals surface area contributed by atoms with Crippen LogP contribution in [0.1, 0.15) is 32.6 Å². The van der Waals surface area contributed by atoms with Gasteiger partial charge in [0.2, 0.25) is 11.8 Å². The molecule has 0 radical (unpaired) electrons. The fraction of sp³-hybridized carbons (Fsp3) is 0.818. The van der Waals surface area contributed by atoms with Gasteiger partial charge < -0.3 is 16.0 Å².